The molecule has 3 N–H and O–H groups in total. The summed E-state index contributed by atoms with van der Waals surface area (Å²) in [6.07, 6.45) is 0.173. The number of halogens is 1. The molecule has 0 aliphatic carbocycles. The number of amides is 2. The molecule has 2 aromatic carbocycles. The number of rotatable bonds is 8. The topological polar surface area (TPSA) is 108 Å². The van der Waals surface area contributed by atoms with Crippen LogP contribution in [0, 0.1) is 11.7 Å². The minimum Gasteiger partial charge on any atom is -0.493 e. The number of fused-ring (bicyclic) bond motifs is 1. The number of ether oxygens (including phenoxy) is 2. The first-order valence-electron chi connectivity index (χ1n) is 13.1. The normalized spacial score (nSPS) is 23.7. The highest BCUT2D eigenvalue weighted by Gasteiger charge is 2.45. The minimum absolute atomic E-state index is 0.0727. The van der Waals surface area contributed by atoms with Gasteiger partial charge in [-0.2, -0.15) is 5.10 Å². The van der Waals surface area contributed by atoms with Crippen molar-refractivity contribution >= 4 is 46.3 Å². The van der Waals surface area contributed by atoms with Gasteiger partial charge in [-0.25, -0.2) is 14.8 Å². The molecule has 3 aliphatic heterocycles. The lowest BCUT2D eigenvalue weighted by Gasteiger charge is -2.37. The number of carbonyl (C=O) groups excluding carboxylic acids is 2. The zero-order valence-corrected chi connectivity index (χ0v) is 24.0. The van der Waals surface area contributed by atoms with Gasteiger partial charge < -0.3 is 14.8 Å². The average molecular weight is 597 g/mol. The first-order chi connectivity index (χ1) is 20.0. The quantitative estimate of drug-likeness (QED) is 0.364. The predicted octanol–water partition coefficient (Wildman–Crippen LogP) is 3.29. The Bertz CT molecular complexity index is 1450. The van der Waals surface area contributed by atoms with E-state index in [2.05, 4.69) is 16.1 Å². The van der Waals surface area contributed by atoms with Crippen molar-refractivity contribution in [3.63, 3.8) is 0 Å². The van der Waals surface area contributed by atoms with Gasteiger partial charge in [-0.3, -0.25) is 19.9 Å². The molecule has 0 radical (unpaired) electrons. The Morgan fingerprint density at radius 3 is 2.71 bits per heavy atom. The molecule has 1 aromatic heterocycles. The SMILES string of the molecule is COc1cccc(C2CC(c3cccs3)=NN2C(=O)CSC2NC(=O)C3CNN(c4ccc(F)cc4)C3N2)c1OC. The molecule has 4 unspecified atom stereocenters. The number of thiophene rings is 1. The van der Waals surface area contributed by atoms with Crippen molar-refractivity contribution in [3.05, 3.63) is 76.2 Å². The van der Waals surface area contributed by atoms with Crippen molar-refractivity contribution in [1.29, 1.82) is 0 Å². The molecular formula is C28H29FN6O4S2. The highest BCUT2D eigenvalue weighted by atomic mass is 32.2. The van der Waals surface area contributed by atoms with E-state index in [1.807, 2.05) is 40.7 Å². The van der Waals surface area contributed by atoms with Crippen LogP contribution in [-0.4, -0.2) is 60.7 Å². The van der Waals surface area contributed by atoms with Crippen LogP contribution in [0.1, 0.15) is 22.9 Å². The molecular weight excluding hydrogens is 567 g/mol. The van der Waals surface area contributed by atoms with E-state index >= 15 is 0 Å². The molecule has 13 heteroatoms. The highest BCUT2D eigenvalue weighted by Crippen LogP contribution is 2.42. The number of thioether (sulfide) groups is 1. The van der Waals surface area contributed by atoms with E-state index in [9.17, 15) is 14.0 Å². The van der Waals surface area contributed by atoms with E-state index in [1.165, 1.54) is 28.9 Å². The van der Waals surface area contributed by atoms with Gasteiger partial charge in [0.1, 0.15) is 17.5 Å². The Hall–Kier alpha value is -3.65. The molecule has 214 valence electrons. The summed E-state index contributed by atoms with van der Waals surface area (Å²) >= 11 is 2.86. The summed E-state index contributed by atoms with van der Waals surface area (Å²) in [4.78, 5) is 27.6. The Morgan fingerprint density at radius 1 is 1.15 bits per heavy atom. The Balaban J connectivity index is 1.19. The number of nitrogens with one attached hydrogen (secondary N) is 3. The van der Waals surface area contributed by atoms with E-state index in [0.29, 0.717) is 24.5 Å². The molecule has 3 aromatic rings. The van der Waals surface area contributed by atoms with Crippen LogP contribution in [0.3, 0.4) is 0 Å². The number of nitrogens with zero attached hydrogens (tertiary/aromatic N) is 3. The van der Waals surface area contributed by atoms with Gasteiger partial charge in [-0.15, -0.1) is 23.1 Å². The van der Waals surface area contributed by atoms with Gasteiger partial charge in [0.2, 0.25) is 5.91 Å². The van der Waals surface area contributed by atoms with Gasteiger partial charge >= 0.3 is 0 Å². The molecule has 4 atom stereocenters. The third-order valence-corrected chi connectivity index (χ3v) is 9.24. The second-order valence-electron chi connectivity index (χ2n) is 9.69. The third-order valence-electron chi connectivity index (χ3n) is 7.32. The molecule has 0 saturated carbocycles. The largest absolute Gasteiger partial charge is 0.493 e. The fourth-order valence-corrected chi connectivity index (χ4v) is 6.96. The molecule has 2 saturated heterocycles. The smallest absolute Gasteiger partial charge is 0.253 e. The molecule has 3 aliphatic rings. The van der Waals surface area contributed by atoms with Crippen LogP contribution >= 0.6 is 23.1 Å². The van der Waals surface area contributed by atoms with Crippen LogP contribution in [0.5, 0.6) is 11.5 Å². The maximum absolute atomic E-state index is 13.7. The summed E-state index contributed by atoms with van der Waals surface area (Å²) in [7, 11) is 3.16. The van der Waals surface area contributed by atoms with Crippen LogP contribution in [0.2, 0.25) is 0 Å². The summed E-state index contributed by atoms with van der Waals surface area (Å²) in [6.45, 7) is 0.440. The van der Waals surface area contributed by atoms with Crippen LogP contribution in [0.15, 0.2) is 65.1 Å². The van der Waals surface area contributed by atoms with Gasteiger partial charge in [0.25, 0.3) is 5.91 Å². The van der Waals surface area contributed by atoms with Gasteiger partial charge in [-0.1, -0.05) is 18.2 Å². The molecule has 2 fully saturated rings. The Labute approximate surface area is 244 Å². The number of anilines is 1. The van der Waals surface area contributed by atoms with Crippen LogP contribution in [-0.2, 0) is 9.59 Å². The van der Waals surface area contributed by atoms with Crippen molar-refractivity contribution in [1.82, 2.24) is 21.1 Å². The number of hydrazine groups is 1. The summed E-state index contributed by atoms with van der Waals surface area (Å²) < 4.78 is 24.7. The molecule has 0 bridgehead atoms. The number of hydrazone groups is 1. The maximum atomic E-state index is 13.7. The molecule has 2 amide bonds. The average Bonchev–Trinajstić information content (AvgIpc) is 3.76. The fraction of sp³-hybridized carbons (Fsp3) is 0.321. The summed E-state index contributed by atoms with van der Waals surface area (Å²) in [5.74, 6) is 0.231. The highest BCUT2D eigenvalue weighted by molar-refractivity contribution is 8.00. The maximum Gasteiger partial charge on any atom is 0.253 e. The second kappa shape index (κ2) is 11.7. The third kappa shape index (κ3) is 5.37. The van der Waals surface area contributed by atoms with Gasteiger partial charge in [0.05, 0.1) is 48.2 Å². The molecule has 4 heterocycles. The lowest BCUT2D eigenvalue weighted by Crippen LogP contribution is -2.63. The van der Waals surface area contributed by atoms with E-state index in [-0.39, 0.29) is 41.5 Å². The molecule has 10 nitrogen and oxygen atoms in total. The Kier molecular flexibility index (Phi) is 7.84. The van der Waals surface area contributed by atoms with Crippen LogP contribution < -0.4 is 30.5 Å². The Morgan fingerprint density at radius 2 is 1.98 bits per heavy atom. The zero-order valence-electron chi connectivity index (χ0n) is 22.4. The van der Waals surface area contributed by atoms with Crippen molar-refractivity contribution in [3.8, 4) is 11.5 Å². The van der Waals surface area contributed by atoms with Crippen molar-refractivity contribution < 1.29 is 23.5 Å². The second-order valence-corrected chi connectivity index (χ2v) is 11.7. The molecule has 41 heavy (non-hydrogen) atoms. The monoisotopic (exact) mass is 596 g/mol. The lowest BCUT2D eigenvalue weighted by atomic mass is 9.99. The fourth-order valence-electron chi connectivity index (χ4n) is 5.36. The van der Waals surface area contributed by atoms with E-state index in [0.717, 1.165) is 21.8 Å². The van der Waals surface area contributed by atoms with E-state index in [1.54, 1.807) is 37.7 Å². The summed E-state index contributed by atoms with van der Waals surface area (Å²) in [5, 5.41) is 16.5. The van der Waals surface area contributed by atoms with Crippen molar-refractivity contribution in [2.75, 3.05) is 31.5 Å². The number of para-hydroxylation sites is 1. The number of hydrogen-bond donors (Lipinski definition) is 3. The van der Waals surface area contributed by atoms with Gasteiger partial charge in [-0.05, 0) is 41.8 Å². The van der Waals surface area contributed by atoms with Crippen molar-refractivity contribution in [2.24, 2.45) is 11.0 Å². The van der Waals surface area contributed by atoms with E-state index in [4.69, 9.17) is 14.6 Å². The first-order valence-corrected chi connectivity index (χ1v) is 15.0. The molecule has 0 spiro atoms. The lowest BCUT2D eigenvalue weighted by molar-refractivity contribution is -0.130. The number of hydrogen-bond acceptors (Lipinski definition) is 10. The molecule has 6 rings (SSSR count). The number of carbonyl (C=O) groups is 2. The number of benzene rings is 2. The number of methoxy groups -OCH3 is 2. The van der Waals surface area contributed by atoms with Crippen LogP contribution in [0.4, 0.5) is 10.1 Å². The van der Waals surface area contributed by atoms with Crippen molar-refractivity contribution in [2.45, 2.75) is 24.1 Å². The zero-order chi connectivity index (χ0) is 28.5. The first kappa shape index (κ1) is 27.5. The van der Waals surface area contributed by atoms with Crippen LogP contribution in [0.25, 0.3) is 0 Å². The summed E-state index contributed by atoms with van der Waals surface area (Å²) in [6, 6.07) is 15.3. The van der Waals surface area contributed by atoms with Gasteiger partial charge in [0.15, 0.2) is 11.5 Å². The minimum atomic E-state index is -0.510. The van der Waals surface area contributed by atoms with Gasteiger partial charge in [0, 0.05) is 18.5 Å². The standard InChI is InChI=1S/C28H29FN6O4S2/c1-38-22-6-3-5-18(25(22)39-2)21-13-20(23-7-4-12-40-23)33-35(21)24(36)15-41-28-31-26-19(27(37)32-28)14-30-34(26)17-10-8-16(29)9-11-17/h3-12,19,21,26,28,30-31H,13-15H2,1-2H3,(H,32,37). The summed E-state index contributed by atoms with van der Waals surface area (Å²) in [5.41, 5.74) is 5.08. The van der Waals surface area contributed by atoms with E-state index < -0.39 is 5.50 Å². The predicted molar refractivity (Wildman–Crippen MR) is 156 cm³/mol.